The minimum Gasteiger partial charge on any atom is -0.490 e. The molecule has 33 heavy (non-hydrogen) atoms. The molecule has 1 aromatic rings. The van der Waals surface area contributed by atoms with Crippen LogP contribution in [0.3, 0.4) is 0 Å². The predicted octanol–water partition coefficient (Wildman–Crippen LogP) is 1.15. The van der Waals surface area contributed by atoms with Crippen molar-refractivity contribution in [1.29, 1.82) is 0 Å². The lowest BCUT2D eigenvalue weighted by molar-refractivity contribution is -0.142. The molecule has 0 radical (unpaired) electrons. The normalized spacial score (nSPS) is 13.3. The fourth-order valence-electron chi connectivity index (χ4n) is 3.05. The highest BCUT2D eigenvalue weighted by Gasteiger charge is 2.31. The van der Waals surface area contributed by atoms with Crippen LogP contribution >= 0.6 is 0 Å². The van der Waals surface area contributed by atoms with Gasteiger partial charge in [0.2, 0.25) is 11.8 Å². The Morgan fingerprint density at radius 2 is 1.79 bits per heavy atom. The van der Waals surface area contributed by atoms with E-state index < -0.39 is 29.8 Å². The lowest BCUT2D eigenvalue weighted by Crippen LogP contribution is -2.54. The molecule has 3 atom stereocenters. The summed E-state index contributed by atoms with van der Waals surface area (Å²) in [6, 6.07) is 5.26. The Morgan fingerprint density at radius 1 is 1.12 bits per heavy atom. The third-order valence-electron chi connectivity index (χ3n) is 4.84. The van der Waals surface area contributed by atoms with Gasteiger partial charge in [-0.15, -0.1) is 6.58 Å². The quantitative estimate of drug-likeness (QED) is 0.165. The van der Waals surface area contributed by atoms with Gasteiger partial charge in [0.05, 0.1) is 6.73 Å². The van der Waals surface area contributed by atoms with E-state index in [4.69, 9.17) is 15.1 Å². The molecule has 180 valence electrons. The van der Waals surface area contributed by atoms with Crippen LogP contribution < -0.4 is 21.1 Å². The largest absolute Gasteiger partial charge is 0.490 e. The number of carboxylic acids is 1. The van der Waals surface area contributed by atoms with Gasteiger partial charge in [0, 0.05) is 5.82 Å². The third-order valence-corrected chi connectivity index (χ3v) is 4.84. The highest BCUT2D eigenvalue weighted by Crippen LogP contribution is 2.19. The van der Waals surface area contributed by atoms with E-state index in [1.807, 2.05) is 12.1 Å². The van der Waals surface area contributed by atoms with Crippen molar-refractivity contribution in [3.63, 3.8) is 0 Å². The van der Waals surface area contributed by atoms with Crippen LogP contribution in [-0.2, 0) is 25.5 Å². The van der Waals surface area contributed by atoms with Crippen LogP contribution in [0.15, 0.2) is 49.6 Å². The number of carbonyl (C=O) groups excluding carboxylic acids is 2. The van der Waals surface area contributed by atoms with Gasteiger partial charge >= 0.3 is 5.97 Å². The summed E-state index contributed by atoms with van der Waals surface area (Å²) in [6.45, 7) is 11.0. The molecular formula is C23H34BN3O6. The Labute approximate surface area is 195 Å². The average molecular weight is 459 g/mol. The maximum absolute atomic E-state index is 13.0. The Kier molecular flexibility index (Phi) is 12.6. The molecule has 0 unspecified atom stereocenters. The monoisotopic (exact) mass is 459 g/mol. The second kappa shape index (κ2) is 14.9. The van der Waals surface area contributed by atoms with Gasteiger partial charge in [0.25, 0.3) is 7.48 Å². The number of amides is 2. The number of carbonyl (C=O) groups is 3. The van der Waals surface area contributed by atoms with E-state index in [2.05, 4.69) is 23.8 Å². The Morgan fingerprint density at radius 3 is 2.30 bits per heavy atom. The zero-order chi connectivity index (χ0) is 24.8. The third kappa shape index (κ3) is 9.92. The van der Waals surface area contributed by atoms with Crippen LogP contribution in [0.2, 0.25) is 5.82 Å². The number of carboxylic acid groups (broad SMARTS) is 1. The molecule has 0 aromatic heterocycles. The first-order chi connectivity index (χ1) is 15.7. The highest BCUT2D eigenvalue weighted by atomic mass is 16.5. The van der Waals surface area contributed by atoms with Crippen molar-refractivity contribution in [3.8, 4) is 5.75 Å². The average Bonchev–Trinajstić information content (AvgIpc) is 2.78. The molecule has 0 bridgehead atoms. The highest BCUT2D eigenvalue weighted by molar-refractivity contribution is 6.37. The summed E-state index contributed by atoms with van der Waals surface area (Å²) in [5, 5.41) is 14.5. The van der Waals surface area contributed by atoms with Crippen molar-refractivity contribution in [3.05, 3.63) is 55.1 Å². The van der Waals surface area contributed by atoms with Crippen LogP contribution in [0, 0.1) is 5.92 Å². The van der Waals surface area contributed by atoms with E-state index in [0.29, 0.717) is 18.8 Å². The molecule has 0 aliphatic carbocycles. The van der Waals surface area contributed by atoms with Gasteiger partial charge in [0.15, 0.2) is 0 Å². The molecule has 0 saturated carbocycles. The fourth-order valence-corrected chi connectivity index (χ4v) is 3.05. The maximum atomic E-state index is 13.0. The van der Waals surface area contributed by atoms with Gasteiger partial charge in [0.1, 0.15) is 24.4 Å². The molecule has 0 saturated heterocycles. The molecule has 0 fully saturated rings. The lowest BCUT2D eigenvalue weighted by atomic mass is 9.75. The molecule has 1 aromatic carbocycles. The van der Waals surface area contributed by atoms with Gasteiger partial charge in [-0.3, -0.25) is 9.59 Å². The summed E-state index contributed by atoms with van der Waals surface area (Å²) >= 11 is 0. The number of hydrogen-bond acceptors (Lipinski definition) is 6. The molecule has 1 rings (SSSR count). The summed E-state index contributed by atoms with van der Waals surface area (Å²) in [6.07, 6.45) is 3.49. The topological polar surface area (TPSA) is 140 Å². The maximum Gasteiger partial charge on any atom is 0.326 e. The van der Waals surface area contributed by atoms with Crippen molar-refractivity contribution < 1.29 is 28.9 Å². The summed E-state index contributed by atoms with van der Waals surface area (Å²) in [4.78, 5) is 37.1. The zero-order valence-electron chi connectivity index (χ0n) is 19.3. The van der Waals surface area contributed by atoms with Crippen molar-refractivity contribution in [2.75, 3.05) is 13.3 Å². The first-order valence-electron chi connectivity index (χ1n) is 10.8. The van der Waals surface area contributed by atoms with Gasteiger partial charge in [-0.25, -0.2) is 4.79 Å². The van der Waals surface area contributed by atoms with E-state index in [9.17, 15) is 19.5 Å². The van der Waals surface area contributed by atoms with Crippen molar-refractivity contribution in [2.45, 2.75) is 44.6 Å². The number of nitrogens with two attached hydrogens (primary N) is 1. The summed E-state index contributed by atoms with van der Waals surface area (Å²) < 4.78 is 10.8. The number of benzene rings is 1. The summed E-state index contributed by atoms with van der Waals surface area (Å²) in [7, 11) is 0.0672. The van der Waals surface area contributed by atoms with Crippen molar-refractivity contribution in [2.24, 2.45) is 11.7 Å². The number of hydrogen-bond donors (Lipinski definition) is 4. The van der Waals surface area contributed by atoms with E-state index in [-0.39, 0.29) is 32.5 Å². The molecular weight excluding hydrogens is 425 g/mol. The smallest absolute Gasteiger partial charge is 0.326 e. The standard InChI is InChI=1S/C23H34BN3O6/c1-5-7-19(23(30)31)26-22(29)20(15(3)4)27-21(28)18(24-33-14-25)13-16-8-10-17(11-9-16)32-12-6-2/h5-6,8-11,15,18-20,24H,1-2,7,12-14,25H2,3-4H3,(H,26,29)(H,27,28)(H,30,31)/t18-,19-,20-/m0/s1. The van der Waals surface area contributed by atoms with Crippen LogP contribution in [0.5, 0.6) is 5.75 Å². The van der Waals surface area contributed by atoms with Crippen molar-refractivity contribution in [1.82, 2.24) is 10.6 Å². The molecule has 0 heterocycles. The predicted molar refractivity (Wildman–Crippen MR) is 128 cm³/mol. The fraction of sp³-hybridized carbons (Fsp3) is 0.435. The minimum atomic E-state index is -1.17. The second-order valence-corrected chi connectivity index (χ2v) is 7.84. The Bertz CT molecular complexity index is 800. The first-order valence-corrected chi connectivity index (χ1v) is 10.8. The molecule has 0 aliphatic rings. The lowest BCUT2D eigenvalue weighted by Gasteiger charge is -2.26. The van der Waals surface area contributed by atoms with Crippen LogP contribution in [0.1, 0.15) is 25.8 Å². The van der Waals surface area contributed by atoms with Gasteiger partial charge in [-0.1, -0.05) is 44.7 Å². The Balaban J connectivity index is 2.92. The SMILES string of the molecule is C=CCOc1ccc(C[C@H](BOCN)C(=O)N[C@H](C(=O)N[C@@H](CC=C)C(=O)O)C(C)C)cc1. The van der Waals surface area contributed by atoms with Crippen LogP contribution in [0.25, 0.3) is 0 Å². The van der Waals surface area contributed by atoms with Gasteiger partial charge in [-0.05, 0) is 36.5 Å². The van der Waals surface area contributed by atoms with Gasteiger partial charge in [-0.2, -0.15) is 0 Å². The van der Waals surface area contributed by atoms with E-state index in [0.717, 1.165) is 5.56 Å². The van der Waals surface area contributed by atoms with E-state index in [1.54, 1.807) is 32.1 Å². The summed E-state index contributed by atoms with van der Waals surface area (Å²) in [5.41, 5.74) is 6.32. The number of rotatable bonds is 16. The Hall–Kier alpha value is -3.11. The minimum absolute atomic E-state index is 0.0476. The molecule has 0 aliphatic heterocycles. The van der Waals surface area contributed by atoms with Gasteiger partial charge < -0.3 is 30.9 Å². The molecule has 10 heteroatoms. The van der Waals surface area contributed by atoms with Crippen LogP contribution in [0.4, 0.5) is 0 Å². The van der Waals surface area contributed by atoms with E-state index >= 15 is 0 Å². The molecule has 9 nitrogen and oxygen atoms in total. The molecule has 2 amide bonds. The number of ether oxygens (including phenoxy) is 1. The number of nitrogens with one attached hydrogen (secondary N) is 2. The summed E-state index contributed by atoms with van der Waals surface area (Å²) in [5.74, 6) is -2.33. The molecule has 0 spiro atoms. The van der Waals surface area contributed by atoms with Crippen molar-refractivity contribution >= 4 is 25.3 Å². The van der Waals surface area contributed by atoms with Crippen LogP contribution in [-0.4, -0.2) is 55.8 Å². The molecule has 5 N–H and O–H groups in total. The zero-order valence-corrected chi connectivity index (χ0v) is 19.3. The second-order valence-electron chi connectivity index (χ2n) is 7.84. The number of aliphatic carboxylic acids is 1. The van der Waals surface area contributed by atoms with E-state index in [1.165, 1.54) is 6.08 Å². The first kappa shape index (κ1) is 27.9.